The van der Waals surface area contributed by atoms with Crippen LogP contribution in [-0.4, -0.2) is 45.2 Å². The molecule has 6 nitrogen and oxygen atoms in total. The number of carbonyl (C=O) groups excluding carboxylic acids is 1. The first kappa shape index (κ1) is 17.4. The zero-order valence-electron chi connectivity index (χ0n) is 15.7. The molecular formula is C21H23N5OS. The summed E-state index contributed by atoms with van der Waals surface area (Å²) < 4.78 is 1.97. The van der Waals surface area contributed by atoms with E-state index in [4.69, 9.17) is 0 Å². The molecule has 1 atom stereocenters. The second-order valence-corrected chi connectivity index (χ2v) is 8.46. The third-order valence-electron chi connectivity index (χ3n) is 5.71. The first-order valence-electron chi connectivity index (χ1n) is 9.85. The maximum Gasteiger partial charge on any atom is 0.227 e. The van der Waals surface area contributed by atoms with Crippen molar-refractivity contribution in [3.8, 4) is 5.13 Å². The molecule has 7 heteroatoms. The lowest BCUT2D eigenvalue weighted by Gasteiger charge is -2.36. The molecule has 1 aromatic carbocycles. The minimum Gasteiger partial charge on any atom is -0.346 e. The van der Waals surface area contributed by atoms with E-state index in [1.165, 1.54) is 11.1 Å². The maximum atomic E-state index is 13.2. The van der Waals surface area contributed by atoms with E-state index in [1.807, 2.05) is 34.0 Å². The molecule has 0 spiro atoms. The molecule has 2 aliphatic rings. The van der Waals surface area contributed by atoms with E-state index in [-0.39, 0.29) is 11.8 Å². The van der Waals surface area contributed by atoms with Crippen molar-refractivity contribution in [3.63, 3.8) is 0 Å². The van der Waals surface area contributed by atoms with Crippen LogP contribution < -0.4 is 4.90 Å². The van der Waals surface area contributed by atoms with Gasteiger partial charge in [0, 0.05) is 38.6 Å². The molecule has 4 heterocycles. The Hall–Kier alpha value is -2.67. The molecular weight excluding hydrogens is 370 g/mol. The van der Waals surface area contributed by atoms with Gasteiger partial charge in [0.1, 0.15) is 0 Å². The summed E-state index contributed by atoms with van der Waals surface area (Å²) in [5.41, 5.74) is 2.67. The van der Waals surface area contributed by atoms with Crippen LogP contribution in [-0.2, 0) is 17.8 Å². The average Bonchev–Trinajstić information content (AvgIpc) is 3.45. The molecule has 1 saturated heterocycles. The van der Waals surface area contributed by atoms with Gasteiger partial charge in [0.2, 0.25) is 16.2 Å². The predicted octanol–water partition coefficient (Wildman–Crippen LogP) is 3.13. The summed E-state index contributed by atoms with van der Waals surface area (Å²) in [7, 11) is 0. The van der Waals surface area contributed by atoms with Crippen LogP contribution in [0.3, 0.4) is 0 Å². The number of nitrogens with zero attached hydrogens (tertiary/aromatic N) is 5. The molecule has 28 heavy (non-hydrogen) atoms. The second kappa shape index (κ2) is 7.39. The molecule has 0 aliphatic carbocycles. The van der Waals surface area contributed by atoms with E-state index in [0.29, 0.717) is 0 Å². The summed E-state index contributed by atoms with van der Waals surface area (Å²) in [6, 6.07) is 12.4. The first-order valence-corrected chi connectivity index (χ1v) is 10.7. The van der Waals surface area contributed by atoms with Gasteiger partial charge in [-0.05, 0) is 42.5 Å². The van der Waals surface area contributed by atoms with Gasteiger partial charge in [-0.3, -0.25) is 9.36 Å². The van der Waals surface area contributed by atoms with E-state index in [9.17, 15) is 4.79 Å². The number of anilines is 1. The maximum absolute atomic E-state index is 13.2. The average molecular weight is 394 g/mol. The van der Waals surface area contributed by atoms with Crippen LogP contribution >= 0.6 is 11.3 Å². The Balaban J connectivity index is 1.28. The Morgan fingerprint density at radius 3 is 2.64 bits per heavy atom. The number of hydrogen-bond donors (Lipinski definition) is 0. The Morgan fingerprint density at radius 1 is 1.00 bits per heavy atom. The Labute approximate surface area is 168 Å². The highest BCUT2D eigenvalue weighted by molar-refractivity contribution is 7.17. The van der Waals surface area contributed by atoms with Crippen molar-refractivity contribution in [1.82, 2.24) is 19.7 Å². The van der Waals surface area contributed by atoms with Gasteiger partial charge in [-0.25, -0.2) is 0 Å². The molecule has 2 aliphatic heterocycles. The van der Waals surface area contributed by atoms with Crippen LogP contribution in [0.1, 0.15) is 24.0 Å². The number of hydrogen-bond acceptors (Lipinski definition) is 5. The summed E-state index contributed by atoms with van der Waals surface area (Å²) >= 11 is 1.58. The fraction of sp³-hybridized carbons (Fsp3) is 0.381. The van der Waals surface area contributed by atoms with Gasteiger partial charge in [-0.2, -0.15) is 0 Å². The standard InChI is InChI=1S/C21H23N5OS/c27-19(25-13-9-16-6-1-2-7-17(16)14-25)18-8-5-12-26(15-18)21-23-22-20(28-21)24-10-3-4-11-24/h1-4,6-7,10-11,18H,5,8-9,12-15H2/t18-/m0/s1. The van der Waals surface area contributed by atoms with Crippen molar-refractivity contribution in [2.24, 2.45) is 5.92 Å². The molecule has 1 amide bonds. The molecule has 5 rings (SSSR count). The normalized spacial score (nSPS) is 19.5. The SMILES string of the molecule is O=C([C@H]1CCCN(c2nnc(-n3cccc3)s2)C1)N1CCc2ccccc2C1. The van der Waals surface area contributed by atoms with Crippen molar-refractivity contribution in [2.45, 2.75) is 25.8 Å². The molecule has 0 N–H and O–H groups in total. The Kier molecular flexibility index (Phi) is 4.60. The molecule has 144 valence electrons. The topological polar surface area (TPSA) is 54.3 Å². The van der Waals surface area contributed by atoms with E-state index in [0.717, 1.165) is 55.7 Å². The lowest BCUT2D eigenvalue weighted by atomic mass is 9.94. The van der Waals surface area contributed by atoms with E-state index in [1.54, 1.807) is 11.3 Å². The number of aromatic nitrogens is 3. The molecule has 1 fully saturated rings. The van der Waals surface area contributed by atoms with Crippen molar-refractivity contribution in [1.29, 1.82) is 0 Å². The zero-order valence-corrected chi connectivity index (χ0v) is 16.5. The third-order valence-corrected chi connectivity index (χ3v) is 6.71. The fourth-order valence-corrected chi connectivity index (χ4v) is 5.05. The van der Waals surface area contributed by atoms with Crippen molar-refractivity contribution in [2.75, 3.05) is 24.5 Å². The predicted molar refractivity (Wildman–Crippen MR) is 110 cm³/mol. The van der Waals surface area contributed by atoms with Crippen LogP contribution in [0.4, 0.5) is 5.13 Å². The monoisotopic (exact) mass is 393 g/mol. The van der Waals surface area contributed by atoms with E-state index < -0.39 is 0 Å². The number of benzene rings is 1. The molecule has 3 aromatic rings. The molecule has 0 unspecified atom stereocenters. The summed E-state index contributed by atoms with van der Waals surface area (Å²) in [5.74, 6) is 0.326. The number of piperidine rings is 1. The quantitative estimate of drug-likeness (QED) is 0.686. The smallest absolute Gasteiger partial charge is 0.227 e. The summed E-state index contributed by atoms with van der Waals surface area (Å²) in [6.07, 6.45) is 6.87. The van der Waals surface area contributed by atoms with E-state index in [2.05, 4.69) is 39.4 Å². The summed E-state index contributed by atoms with van der Waals surface area (Å²) in [5, 5.41) is 10.5. The summed E-state index contributed by atoms with van der Waals surface area (Å²) in [4.78, 5) is 17.5. The van der Waals surface area contributed by atoms with Crippen LogP contribution in [0.25, 0.3) is 5.13 Å². The van der Waals surface area contributed by atoms with Gasteiger partial charge in [0.05, 0.1) is 5.92 Å². The van der Waals surface area contributed by atoms with Gasteiger partial charge in [-0.15, -0.1) is 10.2 Å². The van der Waals surface area contributed by atoms with Crippen LogP contribution in [0.15, 0.2) is 48.8 Å². The van der Waals surface area contributed by atoms with Gasteiger partial charge < -0.3 is 9.80 Å². The Bertz CT molecular complexity index is 967. The second-order valence-electron chi connectivity index (χ2n) is 7.52. The number of rotatable bonds is 3. The lowest BCUT2D eigenvalue weighted by molar-refractivity contribution is -0.136. The highest BCUT2D eigenvalue weighted by Gasteiger charge is 2.32. The van der Waals surface area contributed by atoms with Gasteiger partial charge in [0.25, 0.3) is 0 Å². The molecule has 0 radical (unpaired) electrons. The number of fused-ring (bicyclic) bond motifs is 1. The lowest BCUT2D eigenvalue weighted by Crippen LogP contribution is -2.46. The first-order chi connectivity index (χ1) is 13.8. The molecule has 0 saturated carbocycles. The van der Waals surface area contributed by atoms with Crippen molar-refractivity contribution >= 4 is 22.4 Å². The van der Waals surface area contributed by atoms with Crippen LogP contribution in [0.5, 0.6) is 0 Å². The fourth-order valence-electron chi connectivity index (χ4n) is 4.20. The van der Waals surface area contributed by atoms with E-state index >= 15 is 0 Å². The third kappa shape index (κ3) is 3.30. The van der Waals surface area contributed by atoms with Gasteiger partial charge >= 0.3 is 0 Å². The minimum absolute atomic E-state index is 0.0398. The largest absolute Gasteiger partial charge is 0.346 e. The zero-order chi connectivity index (χ0) is 18.9. The van der Waals surface area contributed by atoms with Crippen molar-refractivity contribution in [3.05, 3.63) is 59.9 Å². The highest BCUT2D eigenvalue weighted by Crippen LogP contribution is 2.29. The van der Waals surface area contributed by atoms with Crippen molar-refractivity contribution < 1.29 is 4.79 Å². The summed E-state index contributed by atoms with van der Waals surface area (Å²) in [6.45, 7) is 3.23. The molecule has 0 bridgehead atoms. The highest BCUT2D eigenvalue weighted by atomic mass is 32.1. The minimum atomic E-state index is 0.0398. The van der Waals surface area contributed by atoms with Crippen LogP contribution in [0, 0.1) is 5.92 Å². The molecule has 2 aromatic heterocycles. The van der Waals surface area contributed by atoms with Crippen LogP contribution in [0.2, 0.25) is 0 Å². The Morgan fingerprint density at radius 2 is 1.79 bits per heavy atom. The number of amides is 1. The van der Waals surface area contributed by atoms with Gasteiger partial charge in [0.15, 0.2) is 0 Å². The van der Waals surface area contributed by atoms with Gasteiger partial charge in [-0.1, -0.05) is 35.6 Å². The number of carbonyl (C=O) groups is 1.